The lowest BCUT2D eigenvalue weighted by Gasteiger charge is -2.42. The number of nitrogens with two attached hydrogens (primary N) is 1. The molecule has 2 nitrogen and oxygen atoms in total. The maximum absolute atomic E-state index is 5.54. The van der Waals surface area contributed by atoms with Gasteiger partial charge in [-0.3, -0.25) is 4.90 Å². The monoisotopic (exact) mass is 156 g/mol. The lowest BCUT2D eigenvalue weighted by atomic mass is 9.90. The second-order valence-corrected chi connectivity index (χ2v) is 4.05. The normalized spacial score (nSPS) is 25.4. The number of hydrogen-bond donors (Lipinski definition) is 1. The van der Waals surface area contributed by atoms with Gasteiger partial charge >= 0.3 is 0 Å². The average Bonchev–Trinajstić information content (AvgIpc) is 1.94. The Morgan fingerprint density at radius 1 is 1.36 bits per heavy atom. The molecule has 11 heavy (non-hydrogen) atoms. The quantitative estimate of drug-likeness (QED) is 0.651. The highest BCUT2D eigenvalue weighted by Gasteiger charge is 2.28. The van der Waals surface area contributed by atoms with Crippen molar-refractivity contribution in [3.05, 3.63) is 0 Å². The van der Waals surface area contributed by atoms with Gasteiger partial charge in [0.25, 0.3) is 0 Å². The average molecular weight is 156 g/mol. The van der Waals surface area contributed by atoms with Crippen LogP contribution in [-0.2, 0) is 0 Å². The van der Waals surface area contributed by atoms with Crippen molar-refractivity contribution in [1.82, 2.24) is 4.90 Å². The van der Waals surface area contributed by atoms with Crippen LogP contribution in [0.3, 0.4) is 0 Å². The van der Waals surface area contributed by atoms with Gasteiger partial charge in [0.15, 0.2) is 0 Å². The molecule has 0 bridgehead atoms. The van der Waals surface area contributed by atoms with Gasteiger partial charge in [0.1, 0.15) is 0 Å². The van der Waals surface area contributed by atoms with E-state index in [9.17, 15) is 0 Å². The summed E-state index contributed by atoms with van der Waals surface area (Å²) in [4.78, 5) is 2.51. The van der Waals surface area contributed by atoms with E-state index in [-0.39, 0.29) is 0 Å². The van der Waals surface area contributed by atoms with Crippen molar-refractivity contribution in [3.8, 4) is 0 Å². The van der Waals surface area contributed by atoms with Gasteiger partial charge in [0.2, 0.25) is 0 Å². The van der Waals surface area contributed by atoms with Crippen LogP contribution in [0.2, 0.25) is 0 Å². The molecule has 0 aliphatic carbocycles. The van der Waals surface area contributed by atoms with Gasteiger partial charge in [-0.25, -0.2) is 0 Å². The minimum absolute atomic E-state index is 0.400. The van der Waals surface area contributed by atoms with Crippen LogP contribution in [0, 0.1) is 0 Å². The van der Waals surface area contributed by atoms with Crippen LogP contribution in [0.1, 0.15) is 33.1 Å². The van der Waals surface area contributed by atoms with Crippen molar-refractivity contribution in [2.45, 2.75) is 38.6 Å². The second-order valence-electron chi connectivity index (χ2n) is 4.05. The lowest BCUT2D eigenvalue weighted by molar-refractivity contribution is 0.0806. The molecule has 0 radical (unpaired) electrons. The summed E-state index contributed by atoms with van der Waals surface area (Å²) in [6, 6.07) is 0. The largest absolute Gasteiger partial charge is 0.329 e. The fraction of sp³-hybridized carbons (Fsp3) is 1.00. The first-order valence-corrected chi connectivity index (χ1v) is 4.62. The van der Waals surface area contributed by atoms with Crippen molar-refractivity contribution in [3.63, 3.8) is 0 Å². The smallest absolute Gasteiger partial charge is 0.0153 e. The Morgan fingerprint density at radius 3 is 2.64 bits per heavy atom. The van der Waals surface area contributed by atoms with E-state index in [0.717, 1.165) is 13.1 Å². The predicted molar refractivity (Wildman–Crippen MR) is 48.6 cm³/mol. The Kier molecular flexibility index (Phi) is 2.90. The highest BCUT2D eigenvalue weighted by atomic mass is 15.2. The standard InChI is InChI=1S/C9H20N2/c1-9(2)5-3-4-7-11(9)8-6-10/h3-8,10H2,1-2H3. The molecular weight excluding hydrogens is 136 g/mol. The highest BCUT2D eigenvalue weighted by Crippen LogP contribution is 2.26. The molecule has 1 rings (SSSR count). The van der Waals surface area contributed by atoms with E-state index in [2.05, 4.69) is 18.7 Å². The van der Waals surface area contributed by atoms with E-state index in [0.29, 0.717) is 5.54 Å². The molecular formula is C9H20N2. The van der Waals surface area contributed by atoms with Crippen molar-refractivity contribution in [1.29, 1.82) is 0 Å². The van der Waals surface area contributed by atoms with E-state index in [1.54, 1.807) is 0 Å². The van der Waals surface area contributed by atoms with Crippen LogP contribution >= 0.6 is 0 Å². The fourth-order valence-electron chi connectivity index (χ4n) is 1.89. The minimum Gasteiger partial charge on any atom is -0.329 e. The van der Waals surface area contributed by atoms with Crippen LogP contribution < -0.4 is 5.73 Å². The summed E-state index contributed by atoms with van der Waals surface area (Å²) < 4.78 is 0. The summed E-state index contributed by atoms with van der Waals surface area (Å²) in [5, 5.41) is 0. The van der Waals surface area contributed by atoms with Crippen molar-refractivity contribution < 1.29 is 0 Å². The Balaban J connectivity index is 2.45. The fourth-order valence-corrected chi connectivity index (χ4v) is 1.89. The maximum atomic E-state index is 5.54. The summed E-state index contributed by atoms with van der Waals surface area (Å²) >= 11 is 0. The molecule has 0 aromatic carbocycles. The van der Waals surface area contributed by atoms with Crippen LogP contribution in [0.25, 0.3) is 0 Å². The third-order valence-corrected chi connectivity index (χ3v) is 2.72. The molecule has 2 N–H and O–H groups in total. The maximum Gasteiger partial charge on any atom is 0.0153 e. The third kappa shape index (κ3) is 2.17. The second kappa shape index (κ2) is 3.55. The van der Waals surface area contributed by atoms with Crippen molar-refractivity contribution in [2.24, 2.45) is 5.73 Å². The molecule has 0 spiro atoms. The summed E-state index contributed by atoms with van der Waals surface area (Å²) in [7, 11) is 0. The molecule has 1 aliphatic rings. The van der Waals surface area contributed by atoms with Gasteiger partial charge < -0.3 is 5.73 Å². The van der Waals surface area contributed by atoms with E-state index in [1.807, 2.05) is 0 Å². The Labute approximate surface area is 69.8 Å². The van der Waals surface area contributed by atoms with E-state index in [4.69, 9.17) is 5.73 Å². The van der Waals surface area contributed by atoms with E-state index < -0.39 is 0 Å². The van der Waals surface area contributed by atoms with Gasteiger partial charge in [0.05, 0.1) is 0 Å². The predicted octanol–water partition coefficient (Wildman–Crippen LogP) is 1.21. The molecule has 0 unspecified atom stereocenters. The van der Waals surface area contributed by atoms with Gasteiger partial charge in [-0.15, -0.1) is 0 Å². The molecule has 0 aromatic rings. The number of rotatable bonds is 2. The molecule has 0 amide bonds. The Hall–Kier alpha value is -0.0800. The van der Waals surface area contributed by atoms with Gasteiger partial charge in [-0.05, 0) is 33.2 Å². The summed E-state index contributed by atoms with van der Waals surface area (Å²) in [6.45, 7) is 7.74. The Morgan fingerprint density at radius 2 is 2.09 bits per heavy atom. The van der Waals surface area contributed by atoms with Crippen LogP contribution in [0.15, 0.2) is 0 Å². The number of likely N-dealkylation sites (tertiary alicyclic amines) is 1. The molecule has 0 aromatic heterocycles. The molecule has 1 saturated heterocycles. The minimum atomic E-state index is 0.400. The molecule has 1 heterocycles. The molecule has 1 fully saturated rings. The molecule has 2 heteroatoms. The van der Waals surface area contributed by atoms with Gasteiger partial charge in [0, 0.05) is 18.6 Å². The zero-order chi connectivity index (χ0) is 8.32. The Bertz CT molecular complexity index is 119. The first kappa shape index (κ1) is 9.01. The van der Waals surface area contributed by atoms with Crippen molar-refractivity contribution >= 4 is 0 Å². The zero-order valence-electron chi connectivity index (χ0n) is 7.77. The summed E-state index contributed by atoms with van der Waals surface area (Å²) in [5.41, 5.74) is 5.94. The molecule has 0 saturated carbocycles. The lowest BCUT2D eigenvalue weighted by Crippen LogP contribution is -2.49. The van der Waals surface area contributed by atoms with Crippen LogP contribution in [-0.4, -0.2) is 30.1 Å². The number of piperidine rings is 1. The van der Waals surface area contributed by atoms with E-state index in [1.165, 1.54) is 25.8 Å². The number of nitrogens with zero attached hydrogens (tertiary/aromatic N) is 1. The van der Waals surface area contributed by atoms with E-state index >= 15 is 0 Å². The zero-order valence-corrected chi connectivity index (χ0v) is 7.77. The number of hydrogen-bond acceptors (Lipinski definition) is 2. The topological polar surface area (TPSA) is 29.3 Å². The molecule has 0 atom stereocenters. The summed E-state index contributed by atoms with van der Waals surface area (Å²) in [6.07, 6.45) is 4.06. The van der Waals surface area contributed by atoms with Crippen molar-refractivity contribution in [2.75, 3.05) is 19.6 Å². The van der Waals surface area contributed by atoms with Gasteiger partial charge in [-0.2, -0.15) is 0 Å². The first-order chi connectivity index (χ1) is 5.17. The third-order valence-electron chi connectivity index (χ3n) is 2.72. The van der Waals surface area contributed by atoms with Crippen LogP contribution in [0.5, 0.6) is 0 Å². The molecule has 1 aliphatic heterocycles. The first-order valence-electron chi connectivity index (χ1n) is 4.62. The van der Waals surface area contributed by atoms with Crippen LogP contribution in [0.4, 0.5) is 0 Å². The SMILES string of the molecule is CC1(C)CCCCN1CCN. The highest BCUT2D eigenvalue weighted by molar-refractivity contribution is 4.85. The van der Waals surface area contributed by atoms with Gasteiger partial charge in [-0.1, -0.05) is 6.42 Å². The molecule has 66 valence electrons. The summed E-state index contributed by atoms with van der Waals surface area (Å²) in [5.74, 6) is 0.